The third-order valence-corrected chi connectivity index (χ3v) is 8.20. The summed E-state index contributed by atoms with van der Waals surface area (Å²) in [5, 5.41) is 18.1. The first kappa shape index (κ1) is 45.2. The molecule has 0 aliphatic carbocycles. The van der Waals surface area contributed by atoms with E-state index in [1.54, 1.807) is 12.1 Å². The van der Waals surface area contributed by atoms with Crippen molar-refractivity contribution < 1.29 is 95.2 Å². The van der Waals surface area contributed by atoms with Gasteiger partial charge in [0.2, 0.25) is 0 Å². The number of hydrogen-bond acceptors (Lipinski definition) is 22. The van der Waals surface area contributed by atoms with Crippen LogP contribution in [-0.4, -0.2) is 143 Å². The first-order chi connectivity index (χ1) is 27.5. The van der Waals surface area contributed by atoms with E-state index in [2.05, 4.69) is 10.3 Å². The van der Waals surface area contributed by atoms with Crippen molar-refractivity contribution in [1.82, 2.24) is 15.0 Å². The first-order valence-electron chi connectivity index (χ1n) is 17.7. The number of aliphatic hydroxyl groups excluding tert-OH is 1. The summed E-state index contributed by atoms with van der Waals surface area (Å²) in [6.45, 7) is 5.41. The Bertz CT molecular complexity index is 1750. The first-order valence-corrected chi connectivity index (χ1v) is 17.7. The molecule has 2 aromatic heterocycles. The van der Waals surface area contributed by atoms with Gasteiger partial charge in [0.15, 0.2) is 43.1 Å². The average Bonchev–Trinajstić information content (AvgIpc) is 3.83. The lowest BCUT2D eigenvalue weighted by Crippen LogP contribution is -2.67. The van der Waals surface area contributed by atoms with Gasteiger partial charge in [-0.05, 0) is 12.1 Å². The molecule has 23 heteroatoms. The average molecular weight is 828 g/mol. The molecule has 11 atom stereocenters. The van der Waals surface area contributed by atoms with Crippen LogP contribution in [0.1, 0.15) is 66.0 Å². The third kappa shape index (κ3) is 12.5. The molecule has 2 saturated heterocycles. The fraction of sp³-hybridized carbons (Fsp3) is 0.629. The van der Waals surface area contributed by atoms with E-state index in [0.717, 1.165) is 48.5 Å². The van der Waals surface area contributed by atoms with Crippen molar-refractivity contribution in [1.29, 1.82) is 0 Å². The van der Waals surface area contributed by atoms with E-state index in [1.807, 2.05) is 0 Å². The van der Waals surface area contributed by atoms with Gasteiger partial charge in [0.05, 0.1) is 25.7 Å². The van der Waals surface area contributed by atoms with Gasteiger partial charge < -0.3 is 61.6 Å². The van der Waals surface area contributed by atoms with E-state index in [9.17, 15) is 38.7 Å². The second kappa shape index (κ2) is 20.8. The van der Waals surface area contributed by atoms with Crippen LogP contribution in [0.3, 0.4) is 0 Å². The summed E-state index contributed by atoms with van der Waals surface area (Å²) in [6, 6.07) is 2.54. The summed E-state index contributed by atoms with van der Waals surface area (Å²) in [6.07, 6.45) is -13.3. The Morgan fingerprint density at radius 3 is 1.66 bits per heavy atom. The summed E-state index contributed by atoms with van der Waals surface area (Å²) in [5.41, 5.74) is 0.201. The maximum absolute atomic E-state index is 12.7. The largest absolute Gasteiger partial charge is 0.467 e. The molecule has 0 spiro atoms. The monoisotopic (exact) mass is 827 g/mol. The zero-order valence-electron chi connectivity index (χ0n) is 32.5. The molecule has 0 bridgehead atoms. The number of carbonyl (C=O) groups is 7. The second-order valence-electron chi connectivity index (χ2n) is 12.9. The molecule has 0 aromatic carbocycles. The summed E-state index contributed by atoms with van der Waals surface area (Å²) >= 11 is 0. The summed E-state index contributed by atoms with van der Waals surface area (Å²) in [5.74, 6) is -5.69. The number of rotatable bonds is 17. The second-order valence-corrected chi connectivity index (χ2v) is 12.9. The Morgan fingerprint density at radius 1 is 0.672 bits per heavy atom. The topological polar surface area (TPSA) is 285 Å². The van der Waals surface area contributed by atoms with Gasteiger partial charge in [-0.1, -0.05) is 5.21 Å². The SMILES string of the molecule is CC(=O)OC[C@H]1O[C@@H](O[C@H]2[C@H](OC(C)=O)[C@@H](OC(C)=O)[C@@H](OCc3cn([C@@H](CO)c4ccco4)nn3)O[C@@H]2COC(C)=O)[C@H](OC(C)=O)[C@@H](OC(C)=O)[C@H]1OC(C)=O. The van der Waals surface area contributed by atoms with Crippen molar-refractivity contribution in [2.75, 3.05) is 19.8 Å². The van der Waals surface area contributed by atoms with Crippen LogP contribution in [0.15, 0.2) is 29.0 Å². The van der Waals surface area contributed by atoms with E-state index in [4.69, 9.17) is 56.5 Å². The molecule has 0 unspecified atom stereocenters. The number of ether oxygens (including phenoxy) is 11. The number of aromatic nitrogens is 3. The van der Waals surface area contributed by atoms with Crippen LogP contribution in [0, 0.1) is 0 Å². The minimum atomic E-state index is -1.84. The number of furan rings is 1. The van der Waals surface area contributed by atoms with Crippen molar-refractivity contribution in [2.45, 2.75) is 123 Å². The number of aliphatic hydroxyl groups is 1. The number of hydrogen-bond donors (Lipinski definition) is 1. The van der Waals surface area contributed by atoms with Crippen LogP contribution >= 0.6 is 0 Å². The van der Waals surface area contributed by atoms with Crippen LogP contribution in [0.25, 0.3) is 0 Å². The molecule has 4 rings (SSSR count). The van der Waals surface area contributed by atoms with Gasteiger partial charge in [-0.2, -0.15) is 0 Å². The molecule has 0 saturated carbocycles. The van der Waals surface area contributed by atoms with Gasteiger partial charge in [-0.15, -0.1) is 5.10 Å². The van der Waals surface area contributed by atoms with Gasteiger partial charge in [0, 0.05) is 48.5 Å². The Balaban J connectivity index is 1.74. The maximum atomic E-state index is 12.7. The lowest BCUT2D eigenvalue weighted by Gasteiger charge is -2.48. The Morgan fingerprint density at radius 2 is 1.16 bits per heavy atom. The van der Waals surface area contributed by atoms with Gasteiger partial charge in [-0.3, -0.25) is 33.6 Å². The van der Waals surface area contributed by atoms with Gasteiger partial charge in [0.1, 0.15) is 49.0 Å². The molecule has 1 N–H and O–H groups in total. The number of esters is 7. The van der Waals surface area contributed by atoms with E-state index >= 15 is 0 Å². The van der Waals surface area contributed by atoms with Crippen LogP contribution in [0.4, 0.5) is 0 Å². The highest BCUT2D eigenvalue weighted by molar-refractivity contribution is 5.69. The van der Waals surface area contributed by atoms with Gasteiger partial charge >= 0.3 is 41.8 Å². The molecule has 2 fully saturated rings. The highest BCUT2D eigenvalue weighted by Gasteiger charge is 2.57. The van der Waals surface area contributed by atoms with E-state index in [-0.39, 0.29) is 18.9 Å². The highest BCUT2D eigenvalue weighted by atomic mass is 16.8. The Kier molecular flexibility index (Phi) is 16.2. The van der Waals surface area contributed by atoms with E-state index < -0.39 is 122 Å². The number of carbonyl (C=O) groups excluding carboxylic acids is 7. The Labute approximate surface area is 330 Å². The quantitative estimate of drug-likeness (QED) is 0.157. The normalized spacial score (nSPS) is 27.3. The molecule has 4 heterocycles. The molecule has 0 radical (unpaired) electrons. The molecule has 2 aliphatic rings. The molecule has 58 heavy (non-hydrogen) atoms. The van der Waals surface area contributed by atoms with Crippen molar-refractivity contribution in [3.05, 3.63) is 36.0 Å². The fourth-order valence-corrected chi connectivity index (χ4v) is 6.09. The van der Waals surface area contributed by atoms with Gasteiger partial charge in [-0.25, -0.2) is 4.68 Å². The van der Waals surface area contributed by atoms with E-state index in [1.165, 1.54) is 17.1 Å². The Hall–Kier alpha value is -5.49. The van der Waals surface area contributed by atoms with Crippen molar-refractivity contribution in [3.63, 3.8) is 0 Å². The predicted molar refractivity (Wildman–Crippen MR) is 182 cm³/mol. The van der Waals surface area contributed by atoms with Crippen LogP contribution in [0.5, 0.6) is 0 Å². The van der Waals surface area contributed by atoms with Crippen LogP contribution < -0.4 is 0 Å². The molecule has 320 valence electrons. The van der Waals surface area contributed by atoms with Crippen LogP contribution in [-0.2, 0) is 92.3 Å². The fourth-order valence-electron chi connectivity index (χ4n) is 6.09. The zero-order chi connectivity index (χ0) is 42.7. The van der Waals surface area contributed by atoms with E-state index in [0.29, 0.717) is 5.76 Å². The smallest absolute Gasteiger partial charge is 0.303 e. The summed E-state index contributed by atoms with van der Waals surface area (Å²) < 4.78 is 69.3. The minimum Gasteiger partial charge on any atom is -0.467 e. The third-order valence-electron chi connectivity index (χ3n) is 8.20. The van der Waals surface area contributed by atoms with Crippen molar-refractivity contribution in [3.8, 4) is 0 Å². The summed E-state index contributed by atoms with van der Waals surface area (Å²) in [7, 11) is 0. The lowest BCUT2D eigenvalue weighted by atomic mass is 9.96. The molecule has 23 nitrogen and oxygen atoms in total. The number of nitrogens with zero attached hydrogens (tertiary/aromatic N) is 3. The van der Waals surface area contributed by atoms with Gasteiger partial charge in [0.25, 0.3) is 0 Å². The van der Waals surface area contributed by atoms with Crippen LogP contribution in [0.2, 0.25) is 0 Å². The lowest BCUT2D eigenvalue weighted by molar-refractivity contribution is -0.362. The van der Waals surface area contributed by atoms with Crippen molar-refractivity contribution >= 4 is 41.8 Å². The molecule has 2 aliphatic heterocycles. The molecular formula is C35H45N3O20. The summed E-state index contributed by atoms with van der Waals surface area (Å²) in [4.78, 5) is 86.2. The molecular weight excluding hydrogens is 782 g/mol. The predicted octanol–water partition coefficient (Wildman–Crippen LogP) is -0.411. The molecule has 2 aromatic rings. The van der Waals surface area contributed by atoms with Crippen molar-refractivity contribution in [2.24, 2.45) is 0 Å². The highest BCUT2D eigenvalue weighted by Crippen LogP contribution is 2.36. The zero-order valence-corrected chi connectivity index (χ0v) is 32.5. The standard InChI is InChI=1S/C35H45N3O20/c1-16(40)48-14-26-28(51-18(3)42)30(52-19(4)43)33(55-22(7)46)35(57-26)58-29-27(15-49-17(2)41)56-34(32(54-21(6)45)31(29)53-20(5)44)50-13-23-11-38(37-36-23)24(12-39)25-9-8-10-47-25/h8-11,24,26-35,39H,12-15H2,1-7H3/t24-,26+,27+,28-,29+,30-,31-,32+,33+,34-,35-/m0/s1. The molecule has 0 amide bonds. The minimum absolute atomic E-state index is 0.201. The maximum Gasteiger partial charge on any atom is 0.303 e.